The normalized spacial score (nSPS) is 18.7. The molecule has 1 aliphatic rings. The molecule has 0 radical (unpaired) electrons. The minimum absolute atomic E-state index is 0.517. The van der Waals surface area contributed by atoms with Gasteiger partial charge in [-0.2, -0.15) is 5.84 Å². The van der Waals surface area contributed by atoms with Gasteiger partial charge in [-0.3, -0.25) is 10.3 Å². The SMILES string of the molecule is NNC(N)=[N+]1CCOCC1. The zero-order valence-corrected chi connectivity index (χ0v) is 5.84. The van der Waals surface area contributed by atoms with Crippen molar-refractivity contribution in [2.75, 3.05) is 26.3 Å². The Morgan fingerprint density at radius 3 is 2.50 bits per heavy atom. The van der Waals surface area contributed by atoms with Gasteiger partial charge in [-0.15, -0.1) is 0 Å². The second kappa shape index (κ2) is 3.38. The first kappa shape index (κ1) is 7.30. The smallest absolute Gasteiger partial charge is 0.360 e. The maximum atomic E-state index is 5.50. The predicted molar refractivity (Wildman–Crippen MR) is 37.3 cm³/mol. The topological polar surface area (TPSA) is 76.3 Å². The first-order chi connectivity index (χ1) is 4.84. The average molecular weight is 145 g/mol. The number of nitrogens with zero attached hydrogens (tertiary/aromatic N) is 1. The Labute approximate surface area is 59.6 Å². The number of nitrogens with two attached hydrogens (primary N) is 2. The molecule has 5 N–H and O–H groups in total. The summed E-state index contributed by atoms with van der Waals surface area (Å²) in [5, 5.41) is 0. The average Bonchev–Trinajstić information content (AvgIpc) is 2.05. The van der Waals surface area contributed by atoms with Crippen molar-refractivity contribution in [2.24, 2.45) is 11.6 Å². The Morgan fingerprint density at radius 2 is 2.00 bits per heavy atom. The third-order valence-electron chi connectivity index (χ3n) is 1.50. The summed E-state index contributed by atoms with van der Waals surface area (Å²) in [5.74, 6) is 5.63. The molecule has 0 bridgehead atoms. The molecule has 58 valence electrons. The van der Waals surface area contributed by atoms with Crippen LogP contribution in [0.15, 0.2) is 0 Å². The molecule has 0 saturated carbocycles. The van der Waals surface area contributed by atoms with Crippen LogP contribution < -0.4 is 17.0 Å². The number of hydrazine groups is 1. The van der Waals surface area contributed by atoms with Crippen LogP contribution in [0.5, 0.6) is 0 Å². The third kappa shape index (κ3) is 1.58. The molecule has 10 heavy (non-hydrogen) atoms. The van der Waals surface area contributed by atoms with E-state index in [2.05, 4.69) is 5.43 Å². The van der Waals surface area contributed by atoms with Gasteiger partial charge >= 0.3 is 5.96 Å². The molecule has 0 unspecified atom stereocenters. The van der Waals surface area contributed by atoms with E-state index in [0.29, 0.717) is 5.96 Å². The van der Waals surface area contributed by atoms with Gasteiger partial charge in [0.05, 0.1) is 26.3 Å². The maximum absolute atomic E-state index is 5.50. The minimum atomic E-state index is 0.517. The van der Waals surface area contributed by atoms with Gasteiger partial charge in [0.25, 0.3) is 0 Å². The van der Waals surface area contributed by atoms with Crippen molar-refractivity contribution in [3.05, 3.63) is 0 Å². The van der Waals surface area contributed by atoms with Crippen LogP contribution in [0, 0.1) is 0 Å². The number of guanidine groups is 1. The van der Waals surface area contributed by atoms with Gasteiger partial charge in [-0.1, -0.05) is 0 Å². The second-order valence-corrected chi connectivity index (χ2v) is 2.13. The Bertz CT molecular complexity index is 137. The fourth-order valence-electron chi connectivity index (χ4n) is 0.896. The van der Waals surface area contributed by atoms with Crippen LogP contribution in [0.1, 0.15) is 0 Å². The van der Waals surface area contributed by atoms with Crippen LogP contribution in [0.4, 0.5) is 0 Å². The van der Waals surface area contributed by atoms with Crippen molar-refractivity contribution in [3.8, 4) is 0 Å². The molecule has 0 aromatic heterocycles. The van der Waals surface area contributed by atoms with E-state index in [1.807, 2.05) is 4.58 Å². The Morgan fingerprint density at radius 1 is 1.40 bits per heavy atom. The maximum Gasteiger partial charge on any atom is 0.360 e. The second-order valence-electron chi connectivity index (χ2n) is 2.13. The van der Waals surface area contributed by atoms with Gasteiger partial charge in [0.2, 0.25) is 0 Å². The molecule has 0 amide bonds. The lowest BCUT2D eigenvalue weighted by atomic mass is 10.5. The molecule has 1 heterocycles. The van der Waals surface area contributed by atoms with Gasteiger partial charge in [0, 0.05) is 0 Å². The molecule has 0 spiro atoms. The van der Waals surface area contributed by atoms with Crippen LogP contribution in [0.3, 0.4) is 0 Å². The molecular weight excluding hydrogens is 132 g/mol. The fraction of sp³-hybridized carbons (Fsp3) is 0.800. The molecule has 1 fully saturated rings. The standard InChI is InChI=1S/C5H12N4O/c6-5(8-7)9-1-3-10-4-2-9/h1-4,7H2,(H2,6,8)/p+1. The minimum Gasteiger partial charge on any atom is -0.375 e. The Balaban J connectivity index is 2.51. The molecule has 1 aliphatic heterocycles. The number of nitrogens with one attached hydrogen (secondary N) is 1. The largest absolute Gasteiger partial charge is 0.375 e. The first-order valence-electron chi connectivity index (χ1n) is 3.26. The number of morpholine rings is 1. The molecule has 5 heteroatoms. The highest BCUT2D eigenvalue weighted by atomic mass is 16.5. The van der Waals surface area contributed by atoms with E-state index in [9.17, 15) is 0 Å². The van der Waals surface area contributed by atoms with Gasteiger partial charge in [0.1, 0.15) is 0 Å². The van der Waals surface area contributed by atoms with Crippen molar-refractivity contribution < 1.29 is 9.31 Å². The van der Waals surface area contributed by atoms with Crippen LogP contribution in [-0.2, 0) is 4.74 Å². The lowest BCUT2D eigenvalue weighted by Gasteiger charge is -2.15. The summed E-state index contributed by atoms with van der Waals surface area (Å²) >= 11 is 0. The number of rotatable bonds is 0. The zero-order chi connectivity index (χ0) is 7.40. The Kier molecular flexibility index (Phi) is 2.47. The van der Waals surface area contributed by atoms with E-state index < -0.39 is 0 Å². The third-order valence-corrected chi connectivity index (χ3v) is 1.50. The monoisotopic (exact) mass is 145 g/mol. The van der Waals surface area contributed by atoms with Crippen LogP contribution in [0.25, 0.3) is 0 Å². The van der Waals surface area contributed by atoms with Gasteiger partial charge < -0.3 is 4.74 Å². The van der Waals surface area contributed by atoms with Gasteiger partial charge in [-0.05, 0) is 0 Å². The van der Waals surface area contributed by atoms with Crippen molar-refractivity contribution in [2.45, 2.75) is 0 Å². The van der Waals surface area contributed by atoms with E-state index in [0.717, 1.165) is 26.3 Å². The summed E-state index contributed by atoms with van der Waals surface area (Å²) in [5.41, 5.74) is 7.90. The lowest BCUT2D eigenvalue weighted by molar-refractivity contribution is -0.551. The summed E-state index contributed by atoms with van der Waals surface area (Å²) in [6, 6.07) is 0. The molecule has 1 rings (SSSR count). The summed E-state index contributed by atoms with van der Waals surface area (Å²) < 4.78 is 7.06. The van der Waals surface area contributed by atoms with Crippen LogP contribution in [0.2, 0.25) is 0 Å². The van der Waals surface area contributed by atoms with Crippen molar-refractivity contribution in [1.82, 2.24) is 5.43 Å². The van der Waals surface area contributed by atoms with Crippen LogP contribution in [-0.4, -0.2) is 36.8 Å². The van der Waals surface area contributed by atoms with E-state index in [1.165, 1.54) is 0 Å². The summed E-state index contributed by atoms with van der Waals surface area (Å²) in [7, 11) is 0. The number of hydrogen-bond donors (Lipinski definition) is 3. The van der Waals surface area contributed by atoms with Crippen LogP contribution >= 0.6 is 0 Å². The fourth-order valence-corrected chi connectivity index (χ4v) is 0.896. The molecule has 0 aromatic carbocycles. The quantitative estimate of drug-likeness (QED) is 0.157. The molecule has 0 aromatic rings. The van der Waals surface area contributed by atoms with E-state index in [1.54, 1.807) is 0 Å². The zero-order valence-electron chi connectivity index (χ0n) is 5.84. The highest BCUT2D eigenvalue weighted by Gasteiger charge is 2.10. The Hall–Kier alpha value is -0.810. The molecule has 5 nitrogen and oxygen atoms in total. The van der Waals surface area contributed by atoms with Gasteiger partial charge in [0.15, 0.2) is 0 Å². The summed E-state index contributed by atoms with van der Waals surface area (Å²) in [6.07, 6.45) is 0. The first-order valence-corrected chi connectivity index (χ1v) is 3.26. The lowest BCUT2D eigenvalue weighted by Crippen LogP contribution is -2.47. The molecule has 0 atom stereocenters. The van der Waals surface area contributed by atoms with Crippen molar-refractivity contribution >= 4 is 5.96 Å². The predicted octanol–water partition coefficient (Wildman–Crippen LogP) is -2.19. The molecular formula is C5H13N4O+. The van der Waals surface area contributed by atoms with E-state index >= 15 is 0 Å². The summed E-state index contributed by atoms with van der Waals surface area (Å²) in [6.45, 7) is 3.08. The van der Waals surface area contributed by atoms with Crippen molar-refractivity contribution in [3.63, 3.8) is 0 Å². The number of ether oxygens (including phenoxy) is 1. The number of hydrogen-bond acceptors (Lipinski definition) is 2. The molecule has 0 aliphatic carbocycles. The van der Waals surface area contributed by atoms with Gasteiger partial charge in [-0.25, -0.2) is 5.43 Å². The van der Waals surface area contributed by atoms with E-state index in [4.69, 9.17) is 16.3 Å². The summed E-state index contributed by atoms with van der Waals surface area (Å²) in [4.78, 5) is 0. The van der Waals surface area contributed by atoms with Crippen molar-refractivity contribution in [1.29, 1.82) is 0 Å². The van der Waals surface area contributed by atoms with E-state index in [-0.39, 0.29) is 0 Å². The highest BCUT2D eigenvalue weighted by Crippen LogP contribution is 1.87. The highest BCUT2D eigenvalue weighted by molar-refractivity contribution is 5.71. The molecule has 1 saturated heterocycles.